The maximum Gasteiger partial charge on any atom is 0.306 e. The molecule has 0 aliphatic heterocycles. The van der Waals surface area contributed by atoms with Crippen LogP contribution in [0.2, 0.25) is 0 Å². The molecule has 2 aliphatic carbocycles. The van der Waals surface area contributed by atoms with E-state index in [9.17, 15) is 4.79 Å². The van der Waals surface area contributed by atoms with Crippen LogP contribution in [0.5, 0.6) is 0 Å². The fourth-order valence-electron chi connectivity index (χ4n) is 4.40. The first-order chi connectivity index (χ1) is 10.7. The largest absolute Gasteiger partial charge is 0.481 e. The second kappa shape index (κ2) is 9.37. The highest BCUT2D eigenvalue weighted by molar-refractivity contribution is 5.70. The molecule has 1 N–H and O–H groups in total. The summed E-state index contributed by atoms with van der Waals surface area (Å²) >= 11 is 0. The fourth-order valence-corrected chi connectivity index (χ4v) is 4.40. The van der Waals surface area contributed by atoms with E-state index >= 15 is 0 Å². The summed E-state index contributed by atoms with van der Waals surface area (Å²) in [6.07, 6.45) is 19.8. The van der Waals surface area contributed by atoms with Gasteiger partial charge in [-0.3, -0.25) is 4.79 Å². The van der Waals surface area contributed by atoms with Gasteiger partial charge in [-0.05, 0) is 56.3 Å². The predicted octanol–water partition coefficient (Wildman–Crippen LogP) is 5.82. The van der Waals surface area contributed by atoms with Gasteiger partial charge in [0.25, 0.3) is 0 Å². The van der Waals surface area contributed by atoms with Gasteiger partial charge in [-0.2, -0.15) is 0 Å². The Bertz CT molecular complexity index is 345. The minimum absolute atomic E-state index is 0.0806. The maximum atomic E-state index is 10.9. The zero-order chi connectivity index (χ0) is 15.8. The number of rotatable bonds is 7. The van der Waals surface area contributed by atoms with Crippen molar-refractivity contribution in [2.45, 2.75) is 84.0 Å². The Balaban J connectivity index is 1.56. The van der Waals surface area contributed by atoms with Crippen LogP contribution in [0.3, 0.4) is 0 Å². The second-order valence-electron chi connectivity index (χ2n) is 7.63. The van der Waals surface area contributed by atoms with Gasteiger partial charge in [0.05, 0.1) is 5.92 Å². The molecule has 0 saturated heterocycles. The van der Waals surface area contributed by atoms with Crippen LogP contribution in [0.4, 0.5) is 0 Å². The molecule has 0 spiro atoms. The minimum atomic E-state index is -0.596. The molecule has 2 nitrogen and oxygen atoms in total. The fraction of sp³-hybridized carbons (Fsp3) is 0.850. The molecule has 0 bridgehead atoms. The third kappa shape index (κ3) is 5.78. The van der Waals surface area contributed by atoms with Crippen molar-refractivity contribution in [2.75, 3.05) is 0 Å². The number of aliphatic carboxylic acids is 1. The topological polar surface area (TPSA) is 37.3 Å². The molecule has 126 valence electrons. The Morgan fingerprint density at radius 3 is 2.09 bits per heavy atom. The SMILES string of the molecule is CCCC1CCC(CC/C=C/C2CCC(C(=O)O)CC2)CC1. The molecule has 0 amide bonds. The molecule has 0 atom stereocenters. The van der Waals surface area contributed by atoms with Crippen LogP contribution in [-0.2, 0) is 4.79 Å². The van der Waals surface area contributed by atoms with E-state index < -0.39 is 5.97 Å². The van der Waals surface area contributed by atoms with Crippen molar-refractivity contribution in [1.29, 1.82) is 0 Å². The molecule has 2 heteroatoms. The van der Waals surface area contributed by atoms with Crippen molar-refractivity contribution in [3.63, 3.8) is 0 Å². The second-order valence-corrected chi connectivity index (χ2v) is 7.63. The lowest BCUT2D eigenvalue weighted by atomic mass is 9.78. The molecule has 2 aliphatic rings. The van der Waals surface area contributed by atoms with Gasteiger partial charge in [0, 0.05) is 0 Å². The smallest absolute Gasteiger partial charge is 0.306 e. The van der Waals surface area contributed by atoms with E-state index in [4.69, 9.17) is 5.11 Å². The molecular formula is C20H34O2. The van der Waals surface area contributed by atoms with Gasteiger partial charge in [0.15, 0.2) is 0 Å². The van der Waals surface area contributed by atoms with Crippen molar-refractivity contribution < 1.29 is 9.90 Å². The summed E-state index contributed by atoms with van der Waals surface area (Å²) in [6, 6.07) is 0. The molecule has 0 unspecified atom stereocenters. The Kier molecular flexibility index (Phi) is 7.48. The molecule has 0 aromatic carbocycles. The standard InChI is InChI=1S/C20H34O2/c1-2-5-16-8-10-17(11-9-16)6-3-4-7-18-12-14-19(15-13-18)20(21)22/h4,7,16-19H,2-3,5-6,8-15H2,1H3,(H,21,22)/b7-4+. The first-order valence-corrected chi connectivity index (χ1v) is 9.58. The van der Waals surface area contributed by atoms with Crippen LogP contribution < -0.4 is 0 Å². The zero-order valence-electron chi connectivity index (χ0n) is 14.3. The van der Waals surface area contributed by atoms with Gasteiger partial charge in [-0.1, -0.05) is 57.6 Å². The van der Waals surface area contributed by atoms with Gasteiger partial charge < -0.3 is 5.11 Å². The first kappa shape index (κ1) is 17.6. The third-order valence-electron chi connectivity index (χ3n) is 5.93. The Morgan fingerprint density at radius 1 is 0.955 bits per heavy atom. The normalized spacial score (nSPS) is 33.1. The molecule has 0 radical (unpaired) electrons. The molecular weight excluding hydrogens is 272 g/mol. The summed E-state index contributed by atoms with van der Waals surface area (Å²) in [7, 11) is 0. The summed E-state index contributed by atoms with van der Waals surface area (Å²) < 4.78 is 0. The van der Waals surface area contributed by atoms with Crippen LogP contribution in [-0.4, -0.2) is 11.1 Å². The first-order valence-electron chi connectivity index (χ1n) is 9.58. The molecule has 2 fully saturated rings. The quantitative estimate of drug-likeness (QED) is 0.602. The van der Waals surface area contributed by atoms with Crippen LogP contribution >= 0.6 is 0 Å². The van der Waals surface area contributed by atoms with Gasteiger partial charge in [0.2, 0.25) is 0 Å². The molecule has 2 rings (SSSR count). The van der Waals surface area contributed by atoms with Gasteiger partial charge in [0.1, 0.15) is 0 Å². The van der Waals surface area contributed by atoms with Crippen molar-refractivity contribution >= 4 is 5.97 Å². The van der Waals surface area contributed by atoms with Crippen LogP contribution in [0.25, 0.3) is 0 Å². The summed E-state index contributed by atoms with van der Waals surface area (Å²) in [5, 5.41) is 9.02. The van der Waals surface area contributed by atoms with E-state index in [1.807, 2.05) is 0 Å². The van der Waals surface area contributed by atoms with Crippen LogP contribution in [0.1, 0.15) is 84.0 Å². The van der Waals surface area contributed by atoms with E-state index in [0.717, 1.165) is 37.5 Å². The number of carboxylic acid groups (broad SMARTS) is 1. The highest BCUT2D eigenvalue weighted by atomic mass is 16.4. The lowest BCUT2D eigenvalue weighted by Gasteiger charge is -2.28. The van der Waals surface area contributed by atoms with Crippen LogP contribution in [0.15, 0.2) is 12.2 Å². The average molecular weight is 306 g/mol. The lowest BCUT2D eigenvalue weighted by Crippen LogP contribution is -2.20. The van der Waals surface area contributed by atoms with Crippen molar-refractivity contribution in [2.24, 2.45) is 23.7 Å². The van der Waals surface area contributed by atoms with E-state index in [0.29, 0.717) is 5.92 Å². The summed E-state index contributed by atoms with van der Waals surface area (Å²) in [6.45, 7) is 2.31. The predicted molar refractivity (Wildman–Crippen MR) is 91.8 cm³/mol. The summed E-state index contributed by atoms with van der Waals surface area (Å²) in [5.74, 6) is 1.93. The maximum absolute atomic E-state index is 10.9. The van der Waals surface area contributed by atoms with E-state index in [-0.39, 0.29) is 5.92 Å². The summed E-state index contributed by atoms with van der Waals surface area (Å²) in [4.78, 5) is 10.9. The minimum Gasteiger partial charge on any atom is -0.481 e. The van der Waals surface area contributed by atoms with Crippen molar-refractivity contribution in [1.82, 2.24) is 0 Å². The van der Waals surface area contributed by atoms with E-state index in [2.05, 4.69) is 19.1 Å². The third-order valence-corrected chi connectivity index (χ3v) is 5.93. The highest BCUT2D eigenvalue weighted by Gasteiger charge is 2.24. The van der Waals surface area contributed by atoms with Gasteiger partial charge in [-0.25, -0.2) is 0 Å². The van der Waals surface area contributed by atoms with E-state index in [1.165, 1.54) is 51.4 Å². The number of allylic oxidation sites excluding steroid dienone is 2. The molecule has 0 aromatic heterocycles. The lowest BCUT2D eigenvalue weighted by molar-refractivity contribution is -0.142. The van der Waals surface area contributed by atoms with Gasteiger partial charge in [-0.15, -0.1) is 0 Å². The van der Waals surface area contributed by atoms with E-state index in [1.54, 1.807) is 0 Å². The Hall–Kier alpha value is -0.790. The van der Waals surface area contributed by atoms with Crippen molar-refractivity contribution in [3.05, 3.63) is 12.2 Å². The number of carboxylic acids is 1. The molecule has 22 heavy (non-hydrogen) atoms. The average Bonchev–Trinajstić information content (AvgIpc) is 2.54. The van der Waals surface area contributed by atoms with Crippen molar-refractivity contribution in [3.8, 4) is 0 Å². The molecule has 0 aromatic rings. The summed E-state index contributed by atoms with van der Waals surface area (Å²) in [5.41, 5.74) is 0. The number of hydrogen-bond acceptors (Lipinski definition) is 1. The Labute approximate surface area is 136 Å². The highest BCUT2D eigenvalue weighted by Crippen LogP contribution is 2.34. The number of hydrogen-bond donors (Lipinski definition) is 1. The monoisotopic (exact) mass is 306 g/mol. The van der Waals surface area contributed by atoms with Crippen LogP contribution in [0, 0.1) is 23.7 Å². The molecule has 0 heterocycles. The number of carbonyl (C=O) groups is 1. The zero-order valence-corrected chi connectivity index (χ0v) is 14.3. The Morgan fingerprint density at radius 2 is 1.55 bits per heavy atom. The van der Waals surface area contributed by atoms with Gasteiger partial charge >= 0.3 is 5.97 Å². The molecule has 2 saturated carbocycles.